The molecule has 84 valence electrons. The number of carboxylic acids is 1. The van der Waals surface area contributed by atoms with Crippen molar-refractivity contribution < 1.29 is 15.0 Å². The summed E-state index contributed by atoms with van der Waals surface area (Å²) in [6, 6.07) is 4.19. The molecule has 2 N–H and O–H groups in total. The van der Waals surface area contributed by atoms with Crippen molar-refractivity contribution in [2.75, 3.05) is 0 Å². The Bertz CT molecular complexity index is 316. The number of aliphatic hydroxyl groups is 1. The summed E-state index contributed by atoms with van der Waals surface area (Å²) in [5.41, 5.74) is 4.70. The zero-order chi connectivity index (χ0) is 12.0. The minimum atomic E-state index is -0.833. The molecule has 1 rings (SSSR count). The Balaban J connectivity index is 0.000000423. The highest BCUT2D eigenvalue weighted by atomic mass is 16.4. The van der Waals surface area contributed by atoms with E-state index < -0.39 is 5.97 Å². The van der Waals surface area contributed by atoms with E-state index in [9.17, 15) is 0 Å². The van der Waals surface area contributed by atoms with Crippen LogP contribution in [0, 0.1) is 20.8 Å². The van der Waals surface area contributed by atoms with Crippen molar-refractivity contribution in [1.29, 1.82) is 0 Å². The van der Waals surface area contributed by atoms with Crippen molar-refractivity contribution in [2.24, 2.45) is 0 Å². The Morgan fingerprint density at radius 1 is 1.20 bits per heavy atom. The van der Waals surface area contributed by atoms with Gasteiger partial charge in [0.2, 0.25) is 0 Å². The number of aliphatic hydroxyl groups excluding tert-OH is 1. The normalized spacial score (nSPS) is 9.13. The summed E-state index contributed by atoms with van der Waals surface area (Å²) in [4.78, 5) is 9.00. The van der Waals surface area contributed by atoms with Crippen LogP contribution < -0.4 is 0 Å². The fourth-order valence-electron chi connectivity index (χ4n) is 1.46. The van der Waals surface area contributed by atoms with Gasteiger partial charge in [0, 0.05) is 6.92 Å². The molecule has 15 heavy (non-hydrogen) atoms. The zero-order valence-electron chi connectivity index (χ0n) is 9.66. The summed E-state index contributed by atoms with van der Waals surface area (Å²) in [6.07, 6.45) is 0. The lowest BCUT2D eigenvalue weighted by Crippen LogP contribution is -1.93. The summed E-state index contributed by atoms with van der Waals surface area (Å²) >= 11 is 0. The number of hydrogen-bond donors (Lipinski definition) is 2. The molecule has 3 nitrogen and oxygen atoms in total. The summed E-state index contributed by atoms with van der Waals surface area (Å²) < 4.78 is 0. The molecule has 0 aliphatic carbocycles. The van der Waals surface area contributed by atoms with Crippen LogP contribution in [0.15, 0.2) is 12.1 Å². The Labute approximate surface area is 90.4 Å². The van der Waals surface area contributed by atoms with Gasteiger partial charge in [0.15, 0.2) is 0 Å². The van der Waals surface area contributed by atoms with Crippen LogP contribution in [0.4, 0.5) is 0 Å². The van der Waals surface area contributed by atoms with Crippen LogP contribution in [0.5, 0.6) is 0 Å². The second-order valence-electron chi connectivity index (χ2n) is 3.55. The predicted octanol–water partition coefficient (Wildman–Crippen LogP) is 2.20. The largest absolute Gasteiger partial charge is 0.481 e. The van der Waals surface area contributed by atoms with Crippen LogP contribution in [0.25, 0.3) is 0 Å². The first-order valence-electron chi connectivity index (χ1n) is 4.75. The van der Waals surface area contributed by atoms with Crippen molar-refractivity contribution in [3.63, 3.8) is 0 Å². The molecule has 0 aliphatic heterocycles. The third-order valence-corrected chi connectivity index (χ3v) is 2.00. The van der Waals surface area contributed by atoms with Crippen molar-refractivity contribution in [3.05, 3.63) is 34.4 Å². The standard InChI is InChI=1S/C10H14O.C2H4O2/c1-7-4-8(2)10(6-11)9(3)5-7;1-2(3)4/h4-5,11H,6H2,1-3H3;1H3,(H,3,4). The molecule has 3 heteroatoms. The second-order valence-corrected chi connectivity index (χ2v) is 3.55. The van der Waals surface area contributed by atoms with E-state index in [2.05, 4.69) is 19.1 Å². The molecule has 0 aromatic heterocycles. The molecule has 1 aromatic rings. The van der Waals surface area contributed by atoms with Crippen molar-refractivity contribution >= 4 is 5.97 Å². The molecule has 0 spiro atoms. The average molecular weight is 210 g/mol. The van der Waals surface area contributed by atoms with Crippen LogP contribution in [-0.2, 0) is 11.4 Å². The smallest absolute Gasteiger partial charge is 0.300 e. The van der Waals surface area contributed by atoms with E-state index in [0.29, 0.717) is 0 Å². The third kappa shape index (κ3) is 5.18. The number of benzene rings is 1. The molecule has 0 unspecified atom stereocenters. The van der Waals surface area contributed by atoms with E-state index in [1.54, 1.807) is 0 Å². The number of rotatable bonds is 1. The van der Waals surface area contributed by atoms with Crippen LogP contribution in [0.2, 0.25) is 0 Å². The average Bonchev–Trinajstić information content (AvgIpc) is 2.01. The van der Waals surface area contributed by atoms with E-state index in [4.69, 9.17) is 15.0 Å². The monoisotopic (exact) mass is 210 g/mol. The van der Waals surface area contributed by atoms with Gasteiger partial charge >= 0.3 is 0 Å². The molecule has 0 fully saturated rings. The zero-order valence-corrected chi connectivity index (χ0v) is 9.66. The lowest BCUT2D eigenvalue weighted by atomic mass is 10.0. The molecule has 0 bridgehead atoms. The van der Waals surface area contributed by atoms with E-state index in [1.807, 2.05) is 13.8 Å². The van der Waals surface area contributed by atoms with Crippen molar-refractivity contribution in [2.45, 2.75) is 34.3 Å². The number of carboxylic acid groups (broad SMARTS) is 1. The first-order chi connectivity index (χ1) is 6.88. The molecule has 0 amide bonds. The lowest BCUT2D eigenvalue weighted by molar-refractivity contribution is -0.134. The lowest BCUT2D eigenvalue weighted by Gasteiger charge is -2.07. The molecular formula is C12H18O3. The minimum absolute atomic E-state index is 0.151. The Hall–Kier alpha value is -1.35. The highest BCUT2D eigenvalue weighted by Crippen LogP contribution is 2.15. The maximum atomic E-state index is 9.00. The summed E-state index contributed by atoms with van der Waals surface area (Å²) in [6.45, 7) is 7.37. The Kier molecular flexibility index (Phi) is 5.64. The second kappa shape index (κ2) is 6.19. The first kappa shape index (κ1) is 13.7. The van der Waals surface area contributed by atoms with Gasteiger partial charge in [-0.3, -0.25) is 4.79 Å². The Morgan fingerprint density at radius 2 is 1.53 bits per heavy atom. The number of carbonyl (C=O) groups is 1. The molecular weight excluding hydrogens is 192 g/mol. The Morgan fingerprint density at radius 3 is 1.80 bits per heavy atom. The molecule has 0 aliphatic rings. The molecule has 0 saturated carbocycles. The maximum absolute atomic E-state index is 9.00. The van der Waals surface area contributed by atoms with Crippen LogP contribution in [-0.4, -0.2) is 16.2 Å². The highest BCUT2D eigenvalue weighted by Gasteiger charge is 2.00. The van der Waals surface area contributed by atoms with Gasteiger partial charge in [0.1, 0.15) is 0 Å². The topological polar surface area (TPSA) is 57.5 Å². The summed E-state index contributed by atoms with van der Waals surface area (Å²) in [5.74, 6) is -0.833. The maximum Gasteiger partial charge on any atom is 0.300 e. The highest BCUT2D eigenvalue weighted by molar-refractivity contribution is 5.62. The van der Waals surface area contributed by atoms with E-state index >= 15 is 0 Å². The molecule has 0 saturated heterocycles. The van der Waals surface area contributed by atoms with Crippen LogP contribution >= 0.6 is 0 Å². The predicted molar refractivity (Wildman–Crippen MR) is 59.9 cm³/mol. The first-order valence-corrected chi connectivity index (χ1v) is 4.75. The quantitative estimate of drug-likeness (QED) is 0.747. The number of aliphatic carboxylic acids is 1. The summed E-state index contributed by atoms with van der Waals surface area (Å²) in [7, 11) is 0. The van der Waals surface area contributed by atoms with Gasteiger partial charge in [-0.05, 0) is 37.5 Å². The summed E-state index contributed by atoms with van der Waals surface area (Å²) in [5, 5.41) is 16.4. The number of aryl methyl sites for hydroxylation is 3. The van der Waals surface area contributed by atoms with Crippen molar-refractivity contribution in [3.8, 4) is 0 Å². The molecule has 0 atom stereocenters. The van der Waals surface area contributed by atoms with Gasteiger partial charge < -0.3 is 10.2 Å². The third-order valence-electron chi connectivity index (χ3n) is 2.00. The molecule has 0 radical (unpaired) electrons. The van der Waals surface area contributed by atoms with Gasteiger partial charge in [-0.1, -0.05) is 17.7 Å². The minimum Gasteiger partial charge on any atom is -0.481 e. The SMILES string of the molecule is CC(=O)O.Cc1cc(C)c(CO)c(C)c1. The number of hydrogen-bond acceptors (Lipinski definition) is 2. The van der Waals surface area contributed by atoms with Crippen molar-refractivity contribution in [1.82, 2.24) is 0 Å². The fourth-order valence-corrected chi connectivity index (χ4v) is 1.46. The molecule has 1 aromatic carbocycles. The van der Waals surface area contributed by atoms with E-state index in [-0.39, 0.29) is 6.61 Å². The van der Waals surface area contributed by atoms with Gasteiger partial charge in [-0.2, -0.15) is 0 Å². The fraction of sp³-hybridized carbons (Fsp3) is 0.417. The molecule has 0 heterocycles. The van der Waals surface area contributed by atoms with E-state index in [0.717, 1.165) is 12.5 Å². The van der Waals surface area contributed by atoms with Crippen LogP contribution in [0.1, 0.15) is 29.2 Å². The van der Waals surface area contributed by atoms with Crippen LogP contribution in [0.3, 0.4) is 0 Å². The van der Waals surface area contributed by atoms with E-state index in [1.165, 1.54) is 16.7 Å². The van der Waals surface area contributed by atoms with Gasteiger partial charge in [0.05, 0.1) is 6.61 Å². The van der Waals surface area contributed by atoms with Gasteiger partial charge in [-0.15, -0.1) is 0 Å². The van der Waals surface area contributed by atoms with Gasteiger partial charge in [0.25, 0.3) is 5.97 Å². The van der Waals surface area contributed by atoms with Gasteiger partial charge in [-0.25, -0.2) is 0 Å².